The molecule has 0 bridgehead atoms. The van der Waals surface area contributed by atoms with Crippen molar-refractivity contribution in [1.29, 1.82) is 5.26 Å². The summed E-state index contributed by atoms with van der Waals surface area (Å²) in [5, 5.41) is 8.95. The average Bonchev–Trinajstić information content (AvgIpc) is 2.25. The number of carbonyl (C=O) groups is 1. The van der Waals surface area contributed by atoms with E-state index in [1.807, 2.05) is 13.0 Å². The molecule has 0 unspecified atom stereocenters. The van der Waals surface area contributed by atoms with E-state index in [-0.39, 0.29) is 12.5 Å². The predicted octanol–water partition coefficient (Wildman–Crippen LogP) is 2.03. The van der Waals surface area contributed by atoms with E-state index in [0.717, 1.165) is 5.69 Å². The van der Waals surface area contributed by atoms with Crippen LogP contribution in [-0.4, -0.2) is 28.9 Å². The fourth-order valence-corrected chi connectivity index (χ4v) is 1.55. The molecule has 0 radical (unpaired) electrons. The second kappa shape index (κ2) is 5.47. The Bertz CT molecular complexity index is 439. The number of carbonyl (C=O) groups excluding carboxylic acids is 1. The van der Waals surface area contributed by atoms with Gasteiger partial charge in [-0.05, 0) is 19.9 Å². The molecule has 1 aromatic rings. The van der Waals surface area contributed by atoms with Gasteiger partial charge in [-0.25, -0.2) is 0 Å². The van der Waals surface area contributed by atoms with Gasteiger partial charge in [0.2, 0.25) is 0 Å². The summed E-state index contributed by atoms with van der Waals surface area (Å²) in [5.74, 6) is -0.262. The van der Waals surface area contributed by atoms with Crippen LogP contribution >= 0.6 is 11.6 Å². The number of hydrogen-bond acceptors (Lipinski definition) is 3. The van der Waals surface area contributed by atoms with E-state index in [0.29, 0.717) is 17.1 Å². The second-order valence-corrected chi connectivity index (χ2v) is 3.69. The summed E-state index contributed by atoms with van der Waals surface area (Å²) in [6.45, 7) is 4.13. The molecule has 0 spiro atoms. The van der Waals surface area contributed by atoms with Crippen molar-refractivity contribution in [2.45, 2.75) is 13.8 Å². The van der Waals surface area contributed by atoms with E-state index < -0.39 is 0 Å². The Morgan fingerprint density at radius 3 is 2.88 bits per heavy atom. The molecule has 0 aromatic carbocycles. The van der Waals surface area contributed by atoms with Gasteiger partial charge in [0.25, 0.3) is 5.91 Å². The molecular formula is C11H12ClN3O. The zero-order valence-corrected chi connectivity index (χ0v) is 9.95. The molecule has 0 atom stereocenters. The van der Waals surface area contributed by atoms with Gasteiger partial charge in [-0.3, -0.25) is 9.78 Å². The number of rotatable bonds is 3. The zero-order valence-electron chi connectivity index (χ0n) is 9.20. The third-order valence-corrected chi connectivity index (χ3v) is 2.46. The van der Waals surface area contributed by atoms with Gasteiger partial charge >= 0.3 is 0 Å². The Morgan fingerprint density at radius 2 is 2.38 bits per heavy atom. The van der Waals surface area contributed by atoms with Gasteiger partial charge in [0.1, 0.15) is 6.54 Å². The molecule has 0 aliphatic heterocycles. The number of amides is 1. The molecule has 16 heavy (non-hydrogen) atoms. The summed E-state index contributed by atoms with van der Waals surface area (Å²) in [5.41, 5.74) is 1.09. The first kappa shape index (κ1) is 12.5. The van der Waals surface area contributed by atoms with Crippen LogP contribution in [0.3, 0.4) is 0 Å². The lowest BCUT2D eigenvalue weighted by molar-refractivity contribution is 0.0784. The lowest BCUT2D eigenvalue weighted by Crippen LogP contribution is -2.31. The van der Waals surface area contributed by atoms with E-state index >= 15 is 0 Å². The summed E-state index contributed by atoms with van der Waals surface area (Å²) < 4.78 is 0. The van der Waals surface area contributed by atoms with Crippen LogP contribution in [0.5, 0.6) is 0 Å². The Labute approximate surface area is 99.5 Å². The second-order valence-electron chi connectivity index (χ2n) is 3.28. The first-order valence-corrected chi connectivity index (χ1v) is 5.26. The van der Waals surface area contributed by atoms with Gasteiger partial charge in [0, 0.05) is 18.4 Å². The molecule has 0 saturated heterocycles. The van der Waals surface area contributed by atoms with Gasteiger partial charge in [-0.1, -0.05) is 11.6 Å². The maximum Gasteiger partial charge on any atom is 0.257 e. The predicted molar refractivity (Wildman–Crippen MR) is 61.2 cm³/mol. The van der Waals surface area contributed by atoms with Crippen molar-refractivity contribution in [3.05, 3.63) is 28.5 Å². The van der Waals surface area contributed by atoms with Gasteiger partial charge in [0.15, 0.2) is 0 Å². The van der Waals surface area contributed by atoms with Crippen LogP contribution in [0.4, 0.5) is 0 Å². The number of halogens is 1. The summed E-state index contributed by atoms with van der Waals surface area (Å²) in [7, 11) is 0. The number of nitriles is 1. The van der Waals surface area contributed by atoms with Crippen molar-refractivity contribution in [1.82, 2.24) is 9.88 Å². The zero-order chi connectivity index (χ0) is 12.1. The van der Waals surface area contributed by atoms with Crippen molar-refractivity contribution in [3.8, 4) is 6.07 Å². The van der Waals surface area contributed by atoms with Crippen molar-refractivity contribution >= 4 is 17.5 Å². The number of nitrogens with zero attached hydrogens (tertiary/aromatic N) is 3. The van der Waals surface area contributed by atoms with Crippen LogP contribution in [0.2, 0.25) is 5.02 Å². The normalized spacial score (nSPS) is 9.62. The van der Waals surface area contributed by atoms with E-state index in [1.165, 1.54) is 11.1 Å². The van der Waals surface area contributed by atoms with Crippen LogP contribution in [0.1, 0.15) is 23.0 Å². The summed E-state index contributed by atoms with van der Waals surface area (Å²) in [6.07, 6.45) is 1.44. The lowest BCUT2D eigenvalue weighted by atomic mass is 10.2. The highest BCUT2D eigenvalue weighted by Gasteiger charge is 2.17. The van der Waals surface area contributed by atoms with Crippen LogP contribution in [0.25, 0.3) is 0 Å². The molecule has 0 aliphatic carbocycles. The summed E-state index contributed by atoms with van der Waals surface area (Å²) in [4.78, 5) is 17.4. The Hall–Kier alpha value is -1.60. The van der Waals surface area contributed by atoms with Gasteiger partial charge in [0.05, 0.1) is 16.7 Å². The van der Waals surface area contributed by atoms with Crippen molar-refractivity contribution in [3.63, 3.8) is 0 Å². The minimum Gasteiger partial charge on any atom is -0.326 e. The molecule has 0 N–H and O–H groups in total. The Balaban J connectivity index is 3.00. The molecule has 0 aliphatic rings. The topological polar surface area (TPSA) is 57.0 Å². The van der Waals surface area contributed by atoms with Crippen LogP contribution in [-0.2, 0) is 0 Å². The number of hydrogen-bond donors (Lipinski definition) is 0. The molecule has 1 rings (SSSR count). The molecular weight excluding hydrogens is 226 g/mol. The fraction of sp³-hybridized carbons (Fsp3) is 0.364. The molecule has 4 nitrogen and oxygen atoms in total. The first-order valence-electron chi connectivity index (χ1n) is 4.88. The van der Waals surface area contributed by atoms with Crippen molar-refractivity contribution < 1.29 is 4.79 Å². The minimum atomic E-state index is -0.262. The molecule has 84 valence electrons. The average molecular weight is 238 g/mol. The standard InChI is InChI=1S/C11H12ClN3O/c1-3-15(5-4-13)11(16)9-7-14-8(2)6-10(9)12/h6-7H,3,5H2,1-2H3. The molecule has 0 saturated carbocycles. The van der Waals surface area contributed by atoms with Crippen LogP contribution < -0.4 is 0 Å². The molecule has 0 fully saturated rings. The van der Waals surface area contributed by atoms with Crippen molar-refractivity contribution in [2.75, 3.05) is 13.1 Å². The highest BCUT2D eigenvalue weighted by Crippen LogP contribution is 2.17. The monoisotopic (exact) mass is 237 g/mol. The number of aryl methyl sites for hydroxylation is 1. The maximum atomic E-state index is 11.9. The molecule has 1 aromatic heterocycles. The van der Waals surface area contributed by atoms with Crippen LogP contribution in [0, 0.1) is 18.3 Å². The number of aromatic nitrogens is 1. The summed E-state index contributed by atoms with van der Waals surface area (Å²) in [6, 6.07) is 3.58. The fourth-order valence-electron chi connectivity index (χ4n) is 1.27. The quantitative estimate of drug-likeness (QED) is 0.756. The molecule has 1 amide bonds. The number of pyridine rings is 1. The van der Waals surface area contributed by atoms with E-state index in [1.54, 1.807) is 13.0 Å². The van der Waals surface area contributed by atoms with Crippen molar-refractivity contribution in [2.24, 2.45) is 0 Å². The van der Waals surface area contributed by atoms with Gasteiger partial charge in [-0.15, -0.1) is 0 Å². The van der Waals surface area contributed by atoms with Crippen LogP contribution in [0.15, 0.2) is 12.3 Å². The minimum absolute atomic E-state index is 0.0551. The maximum absolute atomic E-state index is 11.9. The van der Waals surface area contributed by atoms with Gasteiger partial charge in [-0.2, -0.15) is 5.26 Å². The lowest BCUT2D eigenvalue weighted by Gasteiger charge is -2.17. The summed E-state index contributed by atoms with van der Waals surface area (Å²) >= 11 is 5.96. The Morgan fingerprint density at radius 1 is 1.69 bits per heavy atom. The first-order chi connectivity index (χ1) is 7.60. The third kappa shape index (κ3) is 2.71. The molecule has 5 heteroatoms. The highest BCUT2D eigenvalue weighted by molar-refractivity contribution is 6.33. The highest BCUT2D eigenvalue weighted by atomic mass is 35.5. The Kier molecular flexibility index (Phi) is 4.27. The third-order valence-electron chi connectivity index (χ3n) is 2.15. The molecule has 1 heterocycles. The van der Waals surface area contributed by atoms with E-state index in [9.17, 15) is 4.79 Å². The van der Waals surface area contributed by atoms with E-state index in [4.69, 9.17) is 16.9 Å². The SMILES string of the molecule is CCN(CC#N)C(=O)c1cnc(C)cc1Cl. The largest absolute Gasteiger partial charge is 0.326 e. The van der Waals surface area contributed by atoms with E-state index in [2.05, 4.69) is 4.98 Å². The van der Waals surface area contributed by atoms with Gasteiger partial charge < -0.3 is 4.90 Å². The smallest absolute Gasteiger partial charge is 0.257 e.